The minimum absolute atomic E-state index is 0.0894. The molecule has 2 aromatic rings. The molecule has 0 saturated carbocycles. The van der Waals surface area contributed by atoms with Crippen LogP contribution in [0.15, 0.2) is 30.5 Å². The summed E-state index contributed by atoms with van der Waals surface area (Å²) >= 11 is 0. The van der Waals surface area contributed by atoms with Crippen LogP contribution in [0.1, 0.15) is 15.9 Å². The van der Waals surface area contributed by atoms with Gasteiger partial charge in [-0.25, -0.2) is 13.8 Å². The second-order valence-electron chi connectivity index (χ2n) is 4.20. The second-order valence-corrected chi connectivity index (χ2v) is 4.20. The van der Waals surface area contributed by atoms with Crippen LogP contribution in [-0.2, 0) is 0 Å². The average molecular weight is 293 g/mol. The Morgan fingerprint density at radius 3 is 2.57 bits per heavy atom. The molecule has 0 aliphatic rings. The van der Waals surface area contributed by atoms with E-state index in [4.69, 9.17) is 0 Å². The number of pyridine rings is 1. The van der Waals surface area contributed by atoms with Crippen LogP contribution in [0.5, 0.6) is 0 Å². The fourth-order valence-electron chi connectivity index (χ4n) is 1.61. The summed E-state index contributed by atoms with van der Waals surface area (Å²) in [5.41, 5.74) is 0.0758. The summed E-state index contributed by atoms with van der Waals surface area (Å²) < 4.78 is 25.8. The number of anilines is 1. The van der Waals surface area contributed by atoms with Gasteiger partial charge in [-0.2, -0.15) is 0 Å². The van der Waals surface area contributed by atoms with Gasteiger partial charge in [0.25, 0.3) is 11.6 Å². The first kappa shape index (κ1) is 14.5. The third-order valence-corrected chi connectivity index (χ3v) is 2.69. The molecule has 0 atom stereocenters. The third kappa shape index (κ3) is 3.16. The van der Waals surface area contributed by atoms with E-state index >= 15 is 0 Å². The van der Waals surface area contributed by atoms with Gasteiger partial charge in [-0.15, -0.1) is 0 Å². The number of rotatable bonds is 3. The molecule has 2 rings (SSSR count). The Morgan fingerprint density at radius 1 is 1.29 bits per heavy atom. The van der Waals surface area contributed by atoms with Crippen LogP contribution < -0.4 is 5.32 Å². The van der Waals surface area contributed by atoms with Crippen LogP contribution in [0.25, 0.3) is 0 Å². The SMILES string of the molecule is Cc1cc([N+](=O)[O-])cnc1NC(=O)c1ccc(F)c(F)c1. The van der Waals surface area contributed by atoms with Crippen LogP contribution in [0.2, 0.25) is 0 Å². The fourth-order valence-corrected chi connectivity index (χ4v) is 1.61. The van der Waals surface area contributed by atoms with Gasteiger partial charge in [-0.05, 0) is 30.7 Å². The first-order chi connectivity index (χ1) is 9.88. The average Bonchev–Trinajstić information content (AvgIpc) is 2.43. The molecule has 0 bridgehead atoms. The van der Waals surface area contributed by atoms with Gasteiger partial charge >= 0.3 is 0 Å². The van der Waals surface area contributed by atoms with Crippen LogP contribution in [0.3, 0.4) is 0 Å². The zero-order valence-corrected chi connectivity index (χ0v) is 10.8. The van der Waals surface area contributed by atoms with Gasteiger partial charge in [0.1, 0.15) is 12.0 Å². The fraction of sp³-hybridized carbons (Fsp3) is 0.0769. The van der Waals surface area contributed by atoms with Gasteiger partial charge in [0.05, 0.1) is 4.92 Å². The Hall–Kier alpha value is -2.90. The van der Waals surface area contributed by atoms with E-state index in [-0.39, 0.29) is 17.1 Å². The lowest BCUT2D eigenvalue weighted by molar-refractivity contribution is -0.385. The van der Waals surface area contributed by atoms with E-state index in [1.807, 2.05) is 0 Å². The molecule has 0 radical (unpaired) electrons. The maximum atomic E-state index is 13.1. The van der Waals surface area contributed by atoms with Crippen molar-refractivity contribution in [3.63, 3.8) is 0 Å². The van der Waals surface area contributed by atoms with E-state index in [9.17, 15) is 23.7 Å². The molecule has 108 valence electrons. The molecule has 8 heteroatoms. The predicted molar refractivity (Wildman–Crippen MR) is 69.9 cm³/mol. The van der Waals surface area contributed by atoms with Crippen LogP contribution in [0.4, 0.5) is 20.3 Å². The third-order valence-electron chi connectivity index (χ3n) is 2.69. The van der Waals surface area contributed by atoms with E-state index in [0.29, 0.717) is 5.56 Å². The summed E-state index contributed by atoms with van der Waals surface area (Å²) in [5, 5.41) is 13.0. The minimum Gasteiger partial charge on any atom is -0.306 e. The lowest BCUT2D eigenvalue weighted by atomic mass is 10.2. The van der Waals surface area contributed by atoms with Crippen molar-refractivity contribution in [3.05, 3.63) is 63.3 Å². The van der Waals surface area contributed by atoms with Crippen molar-refractivity contribution < 1.29 is 18.5 Å². The standard InChI is InChI=1S/C13H9F2N3O3/c1-7-4-9(18(20)21)6-16-12(7)17-13(19)8-2-3-10(14)11(15)5-8/h2-6H,1H3,(H,16,17,19). The van der Waals surface area contributed by atoms with Gasteiger partial charge in [0.2, 0.25) is 0 Å². The van der Waals surface area contributed by atoms with E-state index < -0.39 is 22.5 Å². The molecule has 1 heterocycles. The topological polar surface area (TPSA) is 85.1 Å². The smallest absolute Gasteiger partial charge is 0.287 e. The number of halogens is 2. The van der Waals surface area contributed by atoms with Crippen molar-refractivity contribution in [1.82, 2.24) is 4.98 Å². The van der Waals surface area contributed by atoms with Crippen LogP contribution in [-0.4, -0.2) is 15.8 Å². The van der Waals surface area contributed by atoms with E-state index in [1.165, 1.54) is 13.0 Å². The molecule has 0 fully saturated rings. The van der Waals surface area contributed by atoms with Crippen molar-refractivity contribution in [1.29, 1.82) is 0 Å². The first-order valence-corrected chi connectivity index (χ1v) is 5.76. The van der Waals surface area contributed by atoms with Gasteiger partial charge < -0.3 is 5.32 Å². The number of hydrogen-bond donors (Lipinski definition) is 1. The molecule has 0 aliphatic heterocycles. The predicted octanol–water partition coefficient (Wildman–Crippen LogP) is 2.83. The van der Waals surface area contributed by atoms with E-state index in [2.05, 4.69) is 10.3 Å². The summed E-state index contributed by atoms with van der Waals surface area (Å²) in [7, 11) is 0. The Balaban J connectivity index is 2.23. The van der Waals surface area contributed by atoms with Crippen molar-refractivity contribution in [2.24, 2.45) is 0 Å². The summed E-state index contributed by atoms with van der Waals surface area (Å²) in [5.74, 6) is -2.79. The Morgan fingerprint density at radius 2 is 2.00 bits per heavy atom. The molecule has 1 amide bonds. The number of amides is 1. The number of hydrogen-bond acceptors (Lipinski definition) is 4. The number of nitro groups is 1. The Labute approximate surface area is 117 Å². The minimum atomic E-state index is -1.14. The molecule has 0 unspecified atom stereocenters. The lowest BCUT2D eigenvalue weighted by Gasteiger charge is -2.07. The molecular weight excluding hydrogens is 284 g/mol. The zero-order chi connectivity index (χ0) is 15.6. The van der Waals surface area contributed by atoms with Gasteiger partial charge in [-0.3, -0.25) is 14.9 Å². The molecule has 1 aromatic carbocycles. The molecule has 1 N–H and O–H groups in total. The molecule has 0 aliphatic carbocycles. The van der Waals surface area contributed by atoms with Crippen LogP contribution in [0, 0.1) is 28.7 Å². The maximum absolute atomic E-state index is 13.1. The molecule has 1 aromatic heterocycles. The highest BCUT2D eigenvalue weighted by Gasteiger charge is 2.14. The zero-order valence-electron chi connectivity index (χ0n) is 10.8. The quantitative estimate of drug-likeness (QED) is 0.696. The number of nitrogens with zero attached hydrogens (tertiary/aromatic N) is 2. The highest BCUT2D eigenvalue weighted by molar-refractivity contribution is 6.04. The monoisotopic (exact) mass is 293 g/mol. The van der Waals surface area contributed by atoms with Crippen molar-refractivity contribution in [2.75, 3.05) is 5.32 Å². The Bertz CT molecular complexity index is 735. The number of carbonyl (C=O) groups is 1. The van der Waals surface area contributed by atoms with Crippen molar-refractivity contribution in [3.8, 4) is 0 Å². The Kier molecular flexibility index (Phi) is 3.88. The number of nitrogens with one attached hydrogen (secondary N) is 1. The van der Waals surface area contributed by atoms with Gasteiger partial charge in [-0.1, -0.05) is 0 Å². The van der Waals surface area contributed by atoms with Crippen molar-refractivity contribution >= 4 is 17.4 Å². The summed E-state index contributed by atoms with van der Waals surface area (Å²) in [6, 6.07) is 3.95. The lowest BCUT2D eigenvalue weighted by Crippen LogP contribution is -2.14. The first-order valence-electron chi connectivity index (χ1n) is 5.76. The highest BCUT2D eigenvalue weighted by Crippen LogP contribution is 2.19. The number of carbonyl (C=O) groups excluding carboxylic acids is 1. The normalized spacial score (nSPS) is 10.2. The highest BCUT2D eigenvalue weighted by atomic mass is 19.2. The summed E-state index contributed by atoms with van der Waals surface area (Å²) in [6.45, 7) is 1.53. The molecular formula is C13H9F2N3O3. The maximum Gasteiger partial charge on any atom is 0.287 e. The van der Waals surface area contributed by atoms with Gasteiger partial charge in [0, 0.05) is 11.6 Å². The van der Waals surface area contributed by atoms with E-state index in [1.54, 1.807) is 0 Å². The second kappa shape index (κ2) is 5.61. The number of aryl methyl sites for hydroxylation is 1. The molecule has 6 nitrogen and oxygen atoms in total. The van der Waals surface area contributed by atoms with Gasteiger partial charge in [0.15, 0.2) is 11.6 Å². The van der Waals surface area contributed by atoms with Crippen molar-refractivity contribution in [2.45, 2.75) is 6.92 Å². The number of aromatic nitrogens is 1. The van der Waals surface area contributed by atoms with Crippen LogP contribution >= 0.6 is 0 Å². The molecule has 0 saturated heterocycles. The largest absolute Gasteiger partial charge is 0.306 e. The molecule has 21 heavy (non-hydrogen) atoms. The van der Waals surface area contributed by atoms with E-state index in [0.717, 1.165) is 24.4 Å². The number of benzene rings is 1. The summed E-state index contributed by atoms with van der Waals surface area (Å²) in [4.78, 5) is 25.6. The molecule has 0 spiro atoms. The summed E-state index contributed by atoms with van der Waals surface area (Å²) in [6.07, 6.45) is 0.994.